The van der Waals surface area contributed by atoms with Gasteiger partial charge in [0.25, 0.3) is 0 Å². The quantitative estimate of drug-likeness (QED) is 0.393. The van der Waals surface area contributed by atoms with Gasteiger partial charge in [0.1, 0.15) is 0 Å². The van der Waals surface area contributed by atoms with Gasteiger partial charge in [0.2, 0.25) is 0 Å². The predicted molar refractivity (Wildman–Crippen MR) is 170 cm³/mol. The largest absolute Gasteiger partial charge is 1.00 e. The first kappa shape index (κ1) is 31.4. The summed E-state index contributed by atoms with van der Waals surface area (Å²) in [6.45, 7) is 16.7. The van der Waals surface area contributed by atoms with Crippen LogP contribution in [0.3, 0.4) is 0 Å². The van der Waals surface area contributed by atoms with Crippen LogP contribution in [0, 0.1) is 5.92 Å². The third-order valence-electron chi connectivity index (χ3n) is 9.89. The summed E-state index contributed by atoms with van der Waals surface area (Å²) in [4.78, 5) is 0. The molecule has 7 rings (SSSR count). The first-order valence-electron chi connectivity index (χ1n) is 15.0. The van der Waals surface area contributed by atoms with Crippen molar-refractivity contribution in [1.82, 2.24) is 0 Å². The Morgan fingerprint density at radius 3 is 1.76 bits per heavy atom. The number of benzene rings is 3. The Labute approximate surface area is 272 Å². The molecule has 0 saturated carbocycles. The van der Waals surface area contributed by atoms with Crippen molar-refractivity contribution >= 4 is 15.4 Å². The minimum absolute atomic E-state index is 0. The van der Waals surface area contributed by atoms with Crippen LogP contribution in [0.15, 0.2) is 87.8 Å². The minimum Gasteiger partial charge on any atom is -1.00 e. The summed E-state index contributed by atoms with van der Waals surface area (Å²) < 4.78 is 4.00. The Hall–Kier alpha value is -2.05. The average molecular weight is 671 g/mol. The molecule has 3 heteroatoms. The molecule has 1 atom stereocenters. The van der Waals surface area contributed by atoms with Gasteiger partial charge in [-0.15, -0.1) is 0 Å². The van der Waals surface area contributed by atoms with E-state index < -0.39 is 21.3 Å². The van der Waals surface area contributed by atoms with E-state index >= 15 is 0 Å². The Morgan fingerprint density at radius 2 is 1.31 bits per heavy atom. The number of rotatable bonds is 4. The van der Waals surface area contributed by atoms with Gasteiger partial charge in [-0.25, -0.2) is 0 Å². The van der Waals surface area contributed by atoms with Crippen LogP contribution in [0.25, 0.3) is 23.3 Å². The maximum atomic E-state index is 2.64. The van der Waals surface area contributed by atoms with E-state index in [4.69, 9.17) is 0 Å². The molecule has 3 aromatic rings. The molecule has 0 heterocycles. The summed E-state index contributed by atoms with van der Waals surface area (Å²) in [7, 11) is 0. The maximum absolute atomic E-state index is 2.64. The summed E-state index contributed by atoms with van der Waals surface area (Å²) in [6.07, 6.45) is 15.8. The second-order valence-electron chi connectivity index (χ2n) is 13.5. The first-order valence-corrected chi connectivity index (χ1v) is 18.9. The molecule has 0 aliphatic heterocycles. The van der Waals surface area contributed by atoms with Crippen LogP contribution >= 0.6 is 0 Å². The molecule has 0 radical (unpaired) electrons. The van der Waals surface area contributed by atoms with Crippen LogP contribution in [-0.4, -0.2) is 3.21 Å². The van der Waals surface area contributed by atoms with E-state index in [1.54, 1.807) is 17.6 Å². The Balaban J connectivity index is 0.00000176. The molecule has 4 aliphatic carbocycles. The molecule has 0 N–H and O–H groups in total. The summed E-state index contributed by atoms with van der Waals surface area (Å²) in [5.74, 6) is 0.521. The second-order valence-corrected chi connectivity index (χ2v) is 19.9. The van der Waals surface area contributed by atoms with Gasteiger partial charge in [0.15, 0.2) is 0 Å². The van der Waals surface area contributed by atoms with Gasteiger partial charge in [0.05, 0.1) is 0 Å². The Bertz CT molecular complexity index is 1670. The summed E-state index contributed by atoms with van der Waals surface area (Å²) in [5.41, 5.74) is 15.1. The second kappa shape index (κ2) is 11.1. The molecule has 1 unspecified atom stereocenters. The number of halogens is 2. The topological polar surface area (TPSA) is 0 Å². The fraction of sp³-hybridized carbons (Fsp3) is 0.308. The molecule has 0 spiro atoms. The van der Waals surface area contributed by atoms with Crippen molar-refractivity contribution < 1.29 is 46.1 Å². The van der Waals surface area contributed by atoms with E-state index in [1.165, 1.54) is 44.5 Å². The number of hydrogen-bond donors (Lipinski definition) is 0. The zero-order valence-corrected chi connectivity index (χ0v) is 29.7. The van der Waals surface area contributed by atoms with Crippen LogP contribution < -0.4 is 24.8 Å². The van der Waals surface area contributed by atoms with Crippen LogP contribution in [-0.2, 0) is 32.1 Å². The molecular weight excluding hydrogens is 631 g/mol. The van der Waals surface area contributed by atoms with E-state index in [0.717, 1.165) is 6.42 Å². The fourth-order valence-electron chi connectivity index (χ4n) is 7.79. The van der Waals surface area contributed by atoms with Gasteiger partial charge < -0.3 is 24.8 Å². The zero-order chi connectivity index (χ0) is 28.0. The minimum atomic E-state index is -2.54. The number of allylic oxidation sites excluding steroid dienone is 6. The molecule has 3 aromatic carbocycles. The van der Waals surface area contributed by atoms with Crippen LogP contribution in [0.1, 0.15) is 97.5 Å². The molecule has 42 heavy (non-hydrogen) atoms. The van der Waals surface area contributed by atoms with Gasteiger partial charge in [-0.1, -0.05) is 0 Å². The van der Waals surface area contributed by atoms with Gasteiger partial charge in [-0.05, 0) is 0 Å². The van der Waals surface area contributed by atoms with Crippen molar-refractivity contribution in [2.75, 3.05) is 0 Å². The number of hydrogen-bond acceptors (Lipinski definition) is 0. The molecule has 4 aliphatic rings. The van der Waals surface area contributed by atoms with Crippen LogP contribution in [0.2, 0.25) is 0 Å². The fourth-order valence-corrected chi connectivity index (χ4v) is 17.5. The molecule has 214 valence electrons. The molecular formula is C39H40Cl2Zr. The van der Waals surface area contributed by atoms with Crippen molar-refractivity contribution in [3.05, 3.63) is 127 Å². The molecule has 0 aromatic heterocycles. The first-order chi connectivity index (χ1) is 19.1. The van der Waals surface area contributed by atoms with Gasteiger partial charge >= 0.3 is 250 Å². The normalized spacial score (nSPS) is 20.1. The standard InChI is InChI=1S/C23H21.C9H10.C7H9.2ClH.Zr/c1-22(2)7-5-14-10-18-16(12-20(14)22)9-17-13-21-15(11-19(17)18)6-8-23(21,3)4;1-2-6-9-7-4-3-5-8-9;1-6-3-4-7(2)5-6;;;/h5-13H,1-4H3;3-5,7-8H,2H2,1H3;3,5,7H,1-2H3;2*1H;/q;;;;;+2/p-2. The third-order valence-corrected chi connectivity index (χ3v) is 19.0. The van der Waals surface area contributed by atoms with E-state index in [1.807, 2.05) is 0 Å². The smallest absolute Gasteiger partial charge is 1.00 e. The molecule has 0 bridgehead atoms. The van der Waals surface area contributed by atoms with Crippen molar-refractivity contribution in [2.24, 2.45) is 5.92 Å². The predicted octanol–water partition coefficient (Wildman–Crippen LogP) is 4.10. The van der Waals surface area contributed by atoms with Gasteiger partial charge in [-0.3, -0.25) is 0 Å². The third kappa shape index (κ3) is 4.80. The van der Waals surface area contributed by atoms with Crippen LogP contribution in [0.5, 0.6) is 0 Å². The van der Waals surface area contributed by atoms with E-state index in [-0.39, 0.29) is 35.6 Å². The SMILES string of the molecule is CC/[C](c1ccccc1)=[Zr+2](/[C]1=CC(C)=CC1C)[CH]1c2cc3c(cc2-c2cc4c(cc21)C(C)(C)C=C4)C=CC3(C)C.[Cl-].[Cl-]. The molecule has 0 amide bonds. The van der Waals surface area contributed by atoms with Crippen molar-refractivity contribution in [3.8, 4) is 11.1 Å². The molecule has 0 fully saturated rings. The monoisotopic (exact) mass is 668 g/mol. The average Bonchev–Trinajstić information content (AvgIpc) is 3.62. The van der Waals surface area contributed by atoms with Gasteiger partial charge in [0, 0.05) is 0 Å². The van der Waals surface area contributed by atoms with E-state index in [9.17, 15) is 0 Å². The van der Waals surface area contributed by atoms with Crippen molar-refractivity contribution in [3.63, 3.8) is 0 Å². The van der Waals surface area contributed by atoms with E-state index in [0.29, 0.717) is 9.54 Å². The van der Waals surface area contributed by atoms with E-state index in [2.05, 4.69) is 140 Å². The molecule has 0 saturated heterocycles. The summed E-state index contributed by atoms with van der Waals surface area (Å²) in [5, 5.41) is 0. The number of fused-ring (bicyclic) bond motifs is 5. The van der Waals surface area contributed by atoms with Crippen molar-refractivity contribution in [1.29, 1.82) is 0 Å². The zero-order valence-electron chi connectivity index (χ0n) is 25.8. The van der Waals surface area contributed by atoms with Crippen molar-refractivity contribution in [2.45, 2.75) is 69.3 Å². The Kier molecular flexibility index (Phi) is 8.33. The summed E-state index contributed by atoms with van der Waals surface area (Å²) in [6, 6.07) is 21.7. The van der Waals surface area contributed by atoms with Gasteiger partial charge in [-0.2, -0.15) is 0 Å². The maximum Gasteiger partial charge on any atom is -1.00 e. The molecule has 0 nitrogen and oxygen atoms in total. The summed E-state index contributed by atoms with van der Waals surface area (Å²) >= 11 is -2.54. The Morgan fingerprint density at radius 1 is 0.786 bits per heavy atom. The van der Waals surface area contributed by atoms with Crippen LogP contribution in [0.4, 0.5) is 0 Å².